The molecule has 0 saturated heterocycles. The van der Waals surface area contributed by atoms with Crippen LogP contribution in [0.2, 0.25) is 10.0 Å². The molecule has 0 amide bonds. The lowest BCUT2D eigenvalue weighted by Gasteiger charge is -2.20. The standard InChI is InChI=1S/C17H14Cl2N2/c1-20-17(13-6-2-8-14(18)16(13)19)12-5-3-9-15-11(12)7-4-10-21-15/h2-10,17,20H,1H3. The first-order chi connectivity index (χ1) is 10.2. The molecule has 4 heteroatoms. The normalized spacial score (nSPS) is 12.5. The van der Waals surface area contributed by atoms with Crippen molar-refractivity contribution in [1.82, 2.24) is 10.3 Å². The summed E-state index contributed by atoms with van der Waals surface area (Å²) < 4.78 is 0. The zero-order chi connectivity index (χ0) is 14.8. The number of nitrogens with one attached hydrogen (secondary N) is 1. The van der Waals surface area contributed by atoms with Crippen molar-refractivity contribution in [2.24, 2.45) is 0 Å². The lowest BCUT2D eigenvalue weighted by atomic mass is 9.95. The predicted octanol–water partition coefficient (Wildman–Crippen LogP) is 4.85. The molecule has 1 atom stereocenters. The Morgan fingerprint density at radius 2 is 1.71 bits per heavy atom. The van der Waals surface area contributed by atoms with Crippen LogP contribution in [0.1, 0.15) is 17.2 Å². The van der Waals surface area contributed by atoms with Gasteiger partial charge in [-0.3, -0.25) is 4.98 Å². The van der Waals surface area contributed by atoms with Crippen LogP contribution in [0.5, 0.6) is 0 Å². The summed E-state index contributed by atoms with van der Waals surface area (Å²) >= 11 is 12.5. The molecule has 2 aromatic carbocycles. The van der Waals surface area contributed by atoms with Gasteiger partial charge in [0, 0.05) is 11.6 Å². The largest absolute Gasteiger partial charge is 0.309 e. The molecular formula is C17H14Cl2N2. The smallest absolute Gasteiger partial charge is 0.0705 e. The summed E-state index contributed by atoms with van der Waals surface area (Å²) in [4.78, 5) is 4.41. The third-order valence-corrected chi connectivity index (χ3v) is 4.41. The molecule has 0 saturated carbocycles. The number of fused-ring (bicyclic) bond motifs is 1. The number of rotatable bonds is 3. The van der Waals surface area contributed by atoms with Crippen molar-refractivity contribution in [2.75, 3.05) is 7.05 Å². The van der Waals surface area contributed by atoms with E-state index in [1.807, 2.05) is 37.4 Å². The molecule has 0 radical (unpaired) electrons. The Labute approximate surface area is 133 Å². The Morgan fingerprint density at radius 3 is 2.52 bits per heavy atom. The van der Waals surface area contributed by atoms with Crippen LogP contribution in [0.3, 0.4) is 0 Å². The molecule has 21 heavy (non-hydrogen) atoms. The van der Waals surface area contributed by atoms with Gasteiger partial charge >= 0.3 is 0 Å². The van der Waals surface area contributed by atoms with Gasteiger partial charge in [0.05, 0.1) is 21.6 Å². The second kappa shape index (κ2) is 6.02. The van der Waals surface area contributed by atoms with Crippen LogP contribution in [-0.2, 0) is 0 Å². The fourth-order valence-electron chi connectivity index (χ4n) is 2.60. The average molecular weight is 317 g/mol. The molecule has 0 spiro atoms. The minimum atomic E-state index is -0.0379. The van der Waals surface area contributed by atoms with Crippen LogP contribution >= 0.6 is 23.2 Å². The maximum Gasteiger partial charge on any atom is 0.0705 e. The van der Waals surface area contributed by atoms with E-state index >= 15 is 0 Å². The van der Waals surface area contributed by atoms with E-state index in [1.54, 1.807) is 12.3 Å². The summed E-state index contributed by atoms with van der Waals surface area (Å²) in [7, 11) is 1.91. The van der Waals surface area contributed by atoms with Crippen LogP contribution < -0.4 is 5.32 Å². The maximum absolute atomic E-state index is 6.38. The van der Waals surface area contributed by atoms with Gasteiger partial charge < -0.3 is 5.32 Å². The van der Waals surface area contributed by atoms with E-state index in [4.69, 9.17) is 23.2 Å². The third kappa shape index (κ3) is 2.62. The SMILES string of the molecule is CNC(c1cccc(Cl)c1Cl)c1cccc2ncccc12. The molecule has 3 rings (SSSR count). The minimum absolute atomic E-state index is 0.0379. The highest BCUT2D eigenvalue weighted by molar-refractivity contribution is 6.42. The van der Waals surface area contributed by atoms with Gasteiger partial charge in [-0.1, -0.05) is 53.5 Å². The first-order valence-electron chi connectivity index (χ1n) is 6.67. The molecular weight excluding hydrogens is 303 g/mol. The van der Waals surface area contributed by atoms with Gasteiger partial charge in [0.25, 0.3) is 0 Å². The van der Waals surface area contributed by atoms with E-state index in [0.717, 1.165) is 22.0 Å². The Hall–Kier alpha value is -1.61. The average Bonchev–Trinajstić information content (AvgIpc) is 2.52. The second-order valence-electron chi connectivity index (χ2n) is 4.78. The van der Waals surface area contributed by atoms with E-state index in [2.05, 4.69) is 22.4 Å². The number of hydrogen-bond donors (Lipinski definition) is 1. The molecule has 106 valence electrons. The molecule has 0 aliphatic rings. The lowest BCUT2D eigenvalue weighted by Crippen LogP contribution is -2.18. The van der Waals surface area contributed by atoms with Crippen LogP contribution in [0, 0.1) is 0 Å². The first-order valence-corrected chi connectivity index (χ1v) is 7.43. The van der Waals surface area contributed by atoms with Crippen molar-refractivity contribution >= 4 is 34.1 Å². The molecule has 3 aromatic rings. The third-order valence-electron chi connectivity index (χ3n) is 3.57. The van der Waals surface area contributed by atoms with Crippen molar-refractivity contribution in [1.29, 1.82) is 0 Å². The molecule has 2 nitrogen and oxygen atoms in total. The van der Waals surface area contributed by atoms with Crippen LogP contribution in [0.15, 0.2) is 54.7 Å². The van der Waals surface area contributed by atoms with Gasteiger partial charge in [-0.05, 0) is 36.4 Å². The summed E-state index contributed by atoms with van der Waals surface area (Å²) in [6, 6.07) is 15.8. The molecule has 0 aliphatic heterocycles. The second-order valence-corrected chi connectivity index (χ2v) is 5.57. The van der Waals surface area contributed by atoms with E-state index in [9.17, 15) is 0 Å². The maximum atomic E-state index is 6.38. The van der Waals surface area contributed by atoms with Gasteiger partial charge in [-0.25, -0.2) is 0 Å². The monoisotopic (exact) mass is 316 g/mol. The Kier molecular flexibility index (Phi) is 4.11. The van der Waals surface area contributed by atoms with E-state index in [-0.39, 0.29) is 6.04 Å². The number of halogens is 2. The summed E-state index contributed by atoms with van der Waals surface area (Å²) in [5.41, 5.74) is 3.06. The highest BCUT2D eigenvalue weighted by atomic mass is 35.5. The first kappa shape index (κ1) is 14.3. The Morgan fingerprint density at radius 1 is 0.952 bits per heavy atom. The fourth-order valence-corrected chi connectivity index (χ4v) is 3.02. The number of nitrogens with zero attached hydrogens (tertiary/aromatic N) is 1. The molecule has 1 unspecified atom stereocenters. The molecule has 0 bridgehead atoms. The summed E-state index contributed by atoms with van der Waals surface area (Å²) in [5.74, 6) is 0. The highest BCUT2D eigenvalue weighted by Crippen LogP contribution is 2.35. The van der Waals surface area contributed by atoms with E-state index < -0.39 is 0 Å². The molecule has 1 aromatic heterocycles. The van der Waals surface area contributed by atoms with Crippen molar-refractivity contribution in [3.8, 4) is 0 Å². The van der Waals surface area contributed by atoms with Crippen LogP contribution in [0.4, 0.5) is 0 Å². The zero-order valence-electron chi connectivity index (χ0n) is 11.5. The van der Waals surface area contributed by atoms with Crippen molar-refractivity contribution in [3.05, 3.63) is 75.9 Å². The quantitative estimate of drug-likeness (QED) is 0.747. The van der Waals surface area contributed by atoms with Crippen molar-refractivity contribution in [3.63, 3.8) is 0 Å². The van der Waals surface area contributed by atoms with Gasteiger partial charge in [0.15, 0.2) is 0 Å². The van der Waals surface area contributed by atoms with Crippen molar-refractivity contribution < 1.29 is 0 Å². The summed E-state index contributed by atoms with van der Waals surface area (Å²) in [5, 5.41) is 5.58. The van der Waals surface area contributed by atoms with Crippen LogP contribution in [0.25, 0.3) is 10.9 Å². The molecule has 0 fully saturated rings. The van der Waals surface area contributed by atoms with Crippen molar-refractivity contribution in [2.45, 2.75) is 6.04 Å². The Balaban J connectivity index is 2.21. The van der Waals surface area contributed by atoms with Crippen LogP contribution in [-0.4, -0.2) is 12.0 Å². The number of pyridine rings is 1. The highest BCUT2D eigenvalue weighted by Gasteiger charge is 2.18. The Bertz CT molecular complexity index is 781. The fraction of sp³-hybridized carbons (Fsp3) is 0.118. The summed E-state index contributed by atoms with van der Waals surface area (Å²) in [6.07, 6.45) is 1.80. The van der Waals surface area contributed by atoms with E-state index in [1.165, 1.54) is 0 Å². The number of aromatic nitrogens is 1. The lowest BCUT2D eigenvalue weighted by molar-refractivity contribution is 0.697. The topological polar surface area (TPSA) is 24.9 Å². The molecule has 1 N–H and O–H groups in total. The van der Waals surface area contributed by atoms with Gasteiger partial charge in [0.2, 0.25) is 0 Å². The minimum Gasteiger partial charge on any atom is -0.309 e. The van der Waals surface area contributed by atoms with Gasteiger partial charge in [-0.2, -0.15) is 0 Å². The molecule has 0 aliphatic carbocycles. The van der Waals surface area contributed by atoms with Gasteiger partial charge in [0.1, 0.15) is 0 Å². The summed E-state index contributed by atoms with van der Waals surface area (Å²) in [6.45, 7) is 0. The zero-order valence-corrected chi connectivity index (χ0v) is 13.0. The predicted molar refractivity (Wildman–Crippen MR) is 89.1 cm³/mol. The number of benzene rings is 2. The van der Waals surface area contributed by atoms with E-state index in [0.29, 0.717) is 10.0 Å². The molecule has 1 heterocycles. The number of hydrogen-bond acceptors (Lipinski definition) is 2. The van der Waals surface area contributed by atoms with Gasteiger partial charge in [-0.15, -0.1) is 0 Å².